The van der Waals surface area contributed by atoms with E-state index in [9.17, 15) is 23.2 Å². The van der Waals surface area contributed by atoms with Crippen molar-refractivity contribution in [2.75, 3.05) is 0 Å². The fourth-order valence-electron chi connectivity index (χ4n) is 3.17. The number of benzene rings is 3. The zero-order chi connectivity index (χ0) is 21.6. The summed E-state index contributed by atoms with van der Waals surface area (Å²) >= 11 is 24.7. The van der Waals surface area contributed by atoms with E-state index >= 15 is 0 Å². The standard InChI is InChI=1S/C19H12Cl4O5S/c20-14-4-2-1-3-12(14)19(29(26,27)28,10-5-7-11(24)8-6-10)13-9-15(25)17(22)18(23)16(13)21/h1-9,24-25H,(H,26,27,28). The first kappa shape index (κ1) is 22.0. The second-order valence-corrected chi connectivity index (χ2v) is 9.17. The third kappa shape index (κ3) is 3.54. The summed E-state index contributed by atoms with van der Waals surface area (Å²) in [6.07, 6.45) is 0. The molecule has 29 heavy (non-hydrogen) atoms. The highest BCUT2D eigenvalue weighted by Gasteiger charge is 2.51. The van der Waals surface area contributed by atoms with Crippen LogP contribution >= 0.6 is 46.4 Å². The van der Waals surface area contributed by atoms with Gasteiger partial charge in [-0.3, -0.25) is 4.55 Å². The molecule has 0 aromatic heterocycles. The molecule has 3 N–H and O–H groups in total. The number of hydrogen-bond acceptors (Lipinski definition) is 4. The summed E-state index contributed by atoms with van der Waals surface area (Å²) in [6.45, 7) is 0. The minimum atomic E-state index is -5.05. The van der Waals surface area contributed by atoms with Gasteiger partial charge in [-0.2, -0.15) is 8.42 Å². The van der Waals surface area contributed by atoms with Crippen LogP contribution in [0.5, 0.6) is 11.5 Å². The summed E-state index contributed by atoms with van der Waals surface area (Å²) in [6, 6.07) is 11.9. The van der Waals surface area contributed by atoms with E-state index in [1.165, 1.54) is 42.5 Å². The van der Waals surface area contributed by atoms with Crippen LogP contribution in [-0.4, -0.2) is 23.2 Å². The first-order valence-electron chi connectivity index (χ1n) is 7.90. The first-order chi connectivity index (χ1) is 13.5. The maximum atomic E-state index is 13.0. The van der Waals surface area contributed by atoms with E-state index in [0.717, 1.165) is 6.07 Å². The Morgan fingerprint density at radius 3 is 1.90 bits per heavy atom. The Kier molecular flexibility index (Phi) is 5.98. The number of halogens is 4. The quantitative estimate of drug-likeness (QED) is 0.239. The first-order valence-corrected chi connectivity index (χ1v) is 10.9. The van der Waals surface area contributed by atoms with Crippen molar-refractivity contribution in [3.63, 3.8) is 0 Å². The zero-order valence-corrected chi connectivity index (χ0v) is 18.1. The second-order valence-electron chi connectivity index (χ2n) is 6.07. The maximum absolute atomic E-state index is 13.0. The van der Waals surface area contributed by atoms with E-state index in [2.05, 4.69) is 0 Å². The van der Waals surface area contributed by atoms with E-state index in [1.807, 2.05) is 0 Å². The normalized spacial score (nSPS) is 13.8. The summed E-state index contributed by atoms with van der Waals surface area (Å²) in [4.78, 5) is 0. The molecule has 3 rings (SSSR count). The van der Waals surface area contributed by atoms with Crippen LogP contribution in [0.3, 0.4) is 0 Å². The van der Waals surface area contributed by atoms with Crippen molar-refractivity contribution >= 4 is 56.5 Å². The molecule has 3 aromatic carbocycles. The molecule has 0 radical (unpaired) electrons. The summed E-state index contributed by atoms with van der Waals surface area (Å²) in [5, 5.41) is 19.0. The number of phenols is 2. The SMILES string of the molecule is O=S(=O)(O)C(c1ccc(O)cc1)(c1ccccc1Cl)c1cc(O)c(Cl)c(Cl)c1Cl. The van der Waals surface area contributed by atoms with Gasteiger partial charge in [-0.15, -0.1) is 0 Å². The van der Waals surface area contributed by atoms with Crippen LogP contribution < -0.4 is 0 Å². The molecule has 5 nitrogen and oxygen atoms in total. The van der Waals surface area contributed by atoms with Crippen LogP contribution in [0.1, 0.15) is 16.7 Å². The van der Waals surface area contributed by atoms with Crippen LogP contribution in [0.25, 0.3) is 0 Å². The zero-order valence-electron chi connectivity index (χ0n) is 14.3. The van der Waals surface area contributed by atoms with E-state index in [1.54, 1.807) is 6.07 Å². The number of hydrogen-bond donors (Lipinski definition) is 3. The van der Waals surface area contributed by atoms with Gasteiger partial charge in [0.25, 0.3) is 10.1 Å². The lowest BCUT2D eigenvalue weighted by Gasteiger charge is -2.34. The average molecular weight is 494 g/mol. The van der Waals surface area contributed by atoms with E-state index < -0.39 is 20.6 Å². The third-order valence-corrected chi connectivity index (χ3v) is 7.55. The molecule has 0 aliphatic rings. The van der Waals surface area contributed by atoms with Gasteiger partial charge in [0.15, 0.2) is 4.75 Å². The molecule has 0 amide bonds. The minimum Gasteiger partial charge on any atom is -0.508 e. The molecule has 0 saturated heterocycles. The number of phenolic OH excluding ortho intramolecular Hbond substituents is 2. The van der Waals surface area contributed by atoms with Gasteiger partial charge in [0, 0.05) is 16.1 Å². The van der Waals surface area contributed by atoms with E-state index in [0.29, 0.717) is 0 Å². The molecule has 0 spiro atoms. The Balaban J connectivity index is 2.62. The molecule has 0 aliphatic carbocycles. The molecule has 10 heteroatoms. The van der Waals surface area contributed by atoms with Crippen molar-refractivity contribution in [3.05, 3.63) is 91.4 Å². The highest BCUT2D eigenvalue weighted by Crippen LogP contribution is 2.52. The Hall–Kier alpha value is -1.67. The molecule has 1 unspecified atom stereocenters. The smallest absolute Gasteiger partial charge is 0.283 e. The lowest BCUT2D eigenvalue weighted by molar-refractivity contribution is 0.455. The summed E-state index contributed by atoms with van der Waals surface area (Å²) < 4.78 is 34.0. The molecule has 0 fully saturated rings. The van der Waals surface area contributed by atoms with Crippen molar-refractivity contribution in [2.24, 2.45) is 0 Å². The third-order valence-electron chi connectivity index (χ3n) is 4.42. The van der Waals surface area contributed by atoms with Crippen LogP contribution in [-0.2, 0) is 14.9 Å². The second kappa shape index (κ2) is 7.87. The van der Waals surface area contributed by atoms with Crippen molar-refractivity contribution in [3.8, 4) is 11.5 Å². The largest absolute Gasteiger partial charge is 0.508 e. The lowest BCUT2D eigenvalue weighted by Crippen LogP contribution is -2.39. The van der Waals surface area contributed by atoms with Crippen LogP contribution in [0.2, 0.25) is 20.1 Å². The number of aromatic hydroxyl groups is 2. The van der Waals surface area contributed by atoms with E-state index in [-0.39, 0.29) is 42.5 Å². The molecule has 0 saturated carbocycles. The van der Waals surface area contributed by atoms with Crippen molar-refractivity contribution in [1.29, 1.82) is 0 Å². The molecular formula is C19H12Cl4O5S. The van der Waals surface area contributed by atoms with Gasteiger partial charge in [0.05, 0.1) is 10.0 Å². The van der Waals surface area contributed by atoms with Crippen LogP contribution in [0, 0.1) is 0 Å². The van der Waals surface area contributed by atoms with Crippen LogP contribution in [0.4, 0.5) is 0 Å². The predicted molar refractivity (Wildman–Crippen MR) is 114 cm³/mol. The van der Waals surface area contributed by atoms with Crippen molar-refractivity contribution < 1.29 is 23.2 Å². The van der Waals surface area contributed by atoms with Gasteiger partial charge in [-0.25, -0.2) is 0 Å². The average Bonchev–Trinajstić information content (AvgIpc) is 2.66. The fourth-order valence-corrected chi connectivity index (χ4v) is 5.58. The van der Waals surface area contributed by atoms with Crippen LogP contribution in [0.15, 0.2) is 54.6 Å². The Morgan fingerprint density at radius 1 is 0.759 bits per heavy atom. The fraction of sp³-hybridized carbons (Fsp3) is 0.0526. The van der Waals surface area contributed by atoms with Gasteiger partial charge < -0.3 is 10.2 Å². The van der Waals surface area contributed by atoms with Crippen molar-refractivity contribution in [2.45, 2.75) is 4.75 Å². The Morgan fingerprint density at radius 2 is 1.34 bits per heavy atom. The Labute approximate surface area is 186 Å². The van der Waals surface area contributed by atoms with E-state index in [4.69, 9.17) is 46.4 Å². The molecule has 1 atom stereocenters. The summed E-state index contributed by atoms with van der Waals surface area (Å²) in [7, 11) is -5.05. The molecule has 3 aromatic rings. The van der Waals surface area contributed by atoms with Gasteiger partial charge in [-0.1, -0.05) is 76.7 Å². The molecule has 0 bridgehead atoms. The Bertz CT molecular complexity index is 1200. The predicted octanol–water partition coefficient (Wildman–Crippen LogP) is 5.89. The summed E-state index contributed by atoms with van der Waals surface area (Å²) in [5.74, 6) is -0.685. The van der Waals surface area contributed by atoms with Gasteiger partial charge in [-0.05, 0) is 29.8 Å². The lowest BCUT2D eigenvalue weighted by atomic mass is 9.83. The topological polar surface area (TPSA) is 94.8 Å². The highest BCUT2D eigenvalue weighted by atomic mass is 35.5. The maximum Gasteiger partial charge on any atom is 0.283 e. The molecule has 0 aliphatic heterocycles. The monoisotopic (exact) mass is 492 g/mol. The van der Waals surface area contributed by atoms with Gasteiger partial charge in [0.2, 0.25) is 0 Å². The van der Waals surface area contributed by atoms with Crippen molar-refractivity contribution in [1.82, 2.24) is 0 Å². The molecular weight excluding hydrogens is 482 g/mol. The van der Waals surface area contributed by atoms with Gasteiger partial charge in [0.1, 0.15) is 16.5 Å². The number of rotatable bonds is 4. The molecule has 0 heterocycles. The molecule has 152 valence electrons. The summed E-state index contributed by atoms with van der Waals surface area (Å²) in [5.41, 5.74) is -0.326. The van der Waals surface area contributed by atoms with Gasteiger partial charge >= 0.3 is 0 Å². The minimum absolute atomic E-state index is 0.000158. The highest BCUT2D eigenvalue weighted by molar-refractivity contribution is 7.87.